The molecule has 0 saturated heterocycles. The molecule has 1 heterocycles. The van der Waals surface area contributed by atoms with Gasteiger partial charge in [-0.15, -0.1) is 0 Å². The lowest BCUT2D eigenvalue weighted by Gasteiger charge is -2.16. The van der Waals surface area contributed by atoms with Crippen molar-refractivity contribution in [3.8, 4) is 11.5 Å². The predicted molar refractivity (Wildman–Crippen MR) is 67.2 cm³/mol. The fraction of sp³-hybridized carbons (Fsp3) is 0.500. The van der Waals surface area contributed by atoms with Gasteiger partial charge in [0, 0.05) is 31.9 Å². The van der Waals surface area contributed by atoms with E-state index in [2.05, 4.69) is 12.2 Å². The molecule has 94 valence electrons. The van der Waals surface area contributed by atoms with Crippen molar-refractivity contribution in [2.75, 3.05) is 25.8 Å². The molecule has 1 unspecified atom stereocenters. The Balaban J connectivity index is 2.05. The zero-order chi connectivity index (χ0) is 12.3. The van der Waals surface area contributed by atoms with Crippen molar-refractivity contribution < 1.29 is 14.2 Å². The molecule has 4 nitrogen and oxygen atoms in total. The van der Waals surface area contributed by atoms with Crippen molar-refractivity contribution in [2.24, 2.45) is 0 Å². The van der Waals surface area contributed by atoms with Crippen molar-refractivity contribution in [2.45, 2.75) is 19.4 Å². The van der Waals surface area contributed by atoms with E-state index < -0.39 is 0 Å². The number of halogens is 1. The van der Waals surface area contributed by atoms with Crippen LogP contribution in [-0.4, -0.2) is 26.6 Å². The summed E-state index contributed by atoms with van der Waals surface area (Å²) in [5.74, 6) is 1.43. The van der Waals surface area contributed by atoms with Crippen molar-refractivity contribution in [3.05, 3.63) is 17.2 Å². The Morgan fingerprint density at radius 1 is 1.41 bits per heavy atom. The molecular weight excluding hydrogens is 242 g/mol. The Kier molecular flexibility index (Phi) is 3.97. The zero-order valence-corrected chi connectivity index (χ0v) is 10.7. The minimum absolute atomic E-state index is 0.258. The lowest BCUT2D eigenvalue weighted by atomic mass is 10.2. The Bertz CT molecular complexity index is 398. The van der Waals surface area contributed by atoms with Crippen LogP contribution in [0, 0.1) is 0 Å². The number of rotatable bonds is 5. The number of fused-ring (bicyclic) bond motifs is 1. The normalized spacial score (nSPS) is 14.8. The minimum atomic E-state index is 0.258. The van der Waals surface area contributed by atoms with Crippen LogP contribution in [0.2, 0.25) is 5.02 Å². The van der Waals surface area contributed by atoms with E-state index in [9.17, 15) is 0 Å². The average Bonchev–Trinajstić information content (AvgIpc) is 2.74. The van der Waals surface area contributed by atoms with Crippen LogP contribution < -0.4 is 14.8 Å². The summed E-state index contributed by atoms with van der Waals surface area (Å²) in [4.78, 5) is 0. The lowest BCUT2D eigenvalue weighted by Crippen LogP contribution is -2.17. The number of hydrogen-bond donors (Lipinski definition) is 1. The number of methoxy groups -OCH3 is 1. The van der Waals surface area contributed by atoms with E-state index in [0.29, 0.717) is 10.8 Å². The van der Waals surface area contributed by atoms with Crippen molar-refractivity contribution in [1.82, 2.24) is 0 Å². The molecule has 1 aromatic rings. The second-order valence-corrected chi connectivity index (χ2v) is 4.42. The number of hydrogen-bond acceptors (Lipinski definition) is 4. The van der Waals surface area contributed by atoms with Crippen molar-refractivity contribution in [3.63, 3.8) is 0 Å². The average molecular weight is 258 g/mol. The van der Waals surface area contributed by atoms with Crippen molar-refractivity contribution in [1.29, 1.82) is 0 Å². The third kappa shape index (κ3) is 2.96. The van der Waals surface area contributed by atoms with Crippen molar-refractivity contribution >= 4 is 17.3 Å². The standard InChI is InChI=1S/C12H16ClNO3/c1-8(3-4-15-2)14-10-6-12-11(5-9(10)13)16-7-17-12/h5-6,8,14H,3-4,7H2,1-2H3. The summed E-state index contributed by atoms with van der Waals surface area (Å²) in [6, 6.07) is 3.93. The maximum absolute atomic E-state index is 6.16. The summed E-state index contributed by atoms with van der Waals surface area (Å²) in [5, 5.41) is 3.96. The molecule has 0 aromatic heterocycles. The van der Waals surface area contributed by atoms with Gasteiger partial charge in [-0.1, -0.05) is 11.6 Å². The number of anilines is 1. The molecule has 1 aliphatic rings. The molecule has 5 heteroatoms. The lowest BCUT2D eigenvalue weighted by molar-refractivity contribution is 0.174. The van der Waals surface area contributed by atoms with Gasteiger partial charge in [-0.3, -0.25) is 0 Å². The maximum Gasteiger partial charge on any atom is 0.231 e. The Labute approximate surface area is 106 Å². The van der Waals surface area contributed by atoms with Crippen LogP contribution >= 0.6 is 11.6 Å². The largest absolute Gasteiger partial charge is 0.454 e. The molecule has 1 atom stereocenters. The highest BCUT2D eigenvalue weighted by Crippen LogP contribution is 2.39. The summed E-state index contributed by atoms with van der Waals surface area (Å²) < 4.78 is 15.6. The second-order valence-electron chi connectivity index (χ2n) is 4.01. The number of nitrogens with one attached hydrogen (secondary N) is 1. The van der Waals surface area contributed by atoms with Crippen LogP contribution in [-0.2, 0) is 4.74 Å². The summed E-state index contributed by atoms with van der Waals surface area (Å²) in [7, 11) is 1.69. The first-order valence-electron chi connectivity index (χ1n) is 5.55. The van der Waals surface area contributed by atoms with E-state index in [4.69, 9.17) is 25.8 Å². The van der Waals surface area contributed by atoms with Gasteiger partial charge in [0.25, 0.3) is 0 Å². The maximum atomic E-state index is 6.16. The van der Waals surface area contributed by atoms with Gasteiger partial charge in [0.1, 0.15) is 0 Å². The monoisotopic (exact) mass is 257 g/mol. The van der Waals surface area contributed by atoms with Gasteiger partial charge in [0.15, 0.2) is 11.5 Å². The van der Waals surface area contributed by atoms with Gasteiger partial charge in [-0.25, -0.2) is 0 Å². The van der Waals surface area contributed by atoms with E-state index in [0.717, 1.165) is 24.5 Å². The summed E-state index contributed by atoms with van der Waals surface area (Å²) in [6.07, 6.45) is 0.918. The first kappa shape index (κ1) is 12.3. The first-order valence-corrected chi connectivity index (χ1v) is 5.93. The summed E-state index contributed by atoms with van der Waals surface area (Å²) in [5.41, 5.74) is 0.861. The molecule has 0 spiro atoms. The zero-order valence-electron chi connectivity index (χ0n) is 9.96. The fourth-order valence-electron chi connectivity index (χ4n) is 1.66. The summed E-state index contributed by atoms with van der Waals surface area (Å²) >= 11 is 6.16. The molecule has 2 rings (SSSR count). The molecular formula is C12H16ClNO3. The minimum Gasteiger partial charge on any atom is -0.454 e. The molecule has 0 bridgehead atoms. The Hall–Kier alpha value is -1.13. The SMILES string of the molecule is COCCC(C)Nc1cc2c(cc1Cl)OCO2. The van der Waals surface area contributed by atoms with Gasteiger partial charge in [-0.2, -0.15) is 0 Å². The van der Waals surface area contributed by atoms with Gasteiger partial charge >= 0.3 is 0 Å². The highest BCUT2D eigenvalue weighted by atomic mass is 35.5. The van der Waals surface area contributed by atoms with E-state index >= 15 is 0 Å². The smallest absolute Gasteiger partial charge is 0.231 e. The van der Waals surface area contributed by atoms with Crippen LogP contribution in [0.1, 0.15) is 13.3 Å². The molecule has 17 heavy (non-hydrogen) atoms. The molecule has 1 aromatic carbocycles. The number of benzene rings is 1. The van der Waals surface area contributed by atoms with Crippen LogP contribution in [0.15, 0.2) is 12.1 Å². The second kappa shape index (κ2) is 5.47. The molecule has 0 fully saturated rings. The molecule has 0 radical (unpaired) electrons. The molecule has 0 aliphatic carbocycles. The summed E-state index contributed by atoms with van der Waals surface area (Å²) in [6.45, 7) is 3.06. The third-order valence-corrected chi connectivity index (χ3v) is 2.93. The van der Waals surface area contributed by atoms with Gasteiger partial charge < -0.3 is 19.5 Å². The highest BCUT2D eigenvalue weighted by molar-refractivity contribution is 6.33. The molecule has 0 saturated carbocycles. The molecule has 1 N–H and O–H groups in total. The quantitative estimate of drug-likeness (QED) is 0.881. The van der Waals surface area contributed by atoms with Gasteiger partial charge in [0.2, 0.25) is 6.79 Å². The van der Waals surface area contributed by atoms with Crippen LogP contribution in [0.25, 0.3) is 0 Å². The number of ether oxygens (including phenoxy) is 3. The Morgan fingerprint density at radius 2 is 2.12 bits per heavy atom. The highest BCUT2D eigenvalue weighted by Gasteiger charge is 2.17. The first-order chi connectivity index (χ1) is 8.20. The van der Waals surface area contributed by atoms with Crippen LogP contribution in [0.4, 0.5) is 5.69 Å². The molecule has 1 aliphatic heterocycles. The third-order valence-electron chi connectivity index (χ3n) is 2.62. The fourth-order valence-corrected chi connectivity index (χ4v) is 1.87. The van der Waals surface area contributed by atoms with Gasteiger partial charge in [0.05, 0.1) is 10.7 Å². The van der Waals surface area contributed by atoms with E-state index in [1.807, 2.05) is 6.07 Å². The van der Waals surface area contributed by atoms with E-state index in [-0.39, 0.29) is 12.8 Å². The van der Waals surface area contributed by atoms with E-state index in [1.165, 1.54) is 0 Å². The Morgan fingerprint density at radius 3 is 2.82 bits per heavy atom. The van der Waals surface area contributed by atoms with Gasteiger partial charge in [-0.05, 0) is 13.3 Å². The van der Waals surface area contributed by atoms with Crippen LogP contribution in [0.3, 0.4) is 0 Å². The topological polar surface area (TPSA) is 39.7 Å². The predicted octanol–water partition coefficient (Wildman–Crippen LogP) is 2.91. The van der Waals surface area contributed by atoms with Crippen LogP contribution in [0.5, 0.6) is 11.5 Å². The van der Waals surface area contributed by atoms with E-state index in [1.54, 1.807) is 13.2 Å². The molecule has 0 amide bonds.